The molecule has 8 nitrogen and oxygen atoms in total. The lowest BCUT2D eigenvalue weighted by molar-refractivity contribution is 0.0836. The van der Waals surface area contributed by atoms with Crippen LogP contribution in [0.3, 0.4) is 0 Å². The number of benzene rings is 2. The van der Waals surface area contributed by atoms with Gasteiger partial charge < -0.3 is 4.57 Å². The second-order valence-corrected chi connectivity index (χ2v) is 9.00. The molecule has 1 amide bonds. The van der Waals surface area contributed by atoms with Crippen LogP contribution in [0.2, 0.25) is 5.02 Å². The van der Waals surface area contributed by atoms with Gasteiger partial charge in [0.2, 0.25) is 5.96 Å². The van der Waals surface area contributed by atoms with E-state index in [1.165, 1.54) is 5.56 Å². The van der Waals surface area contributed by atoms with E-state index in [9.17, 15) is 9.70 Å². The van der Waals surface area contributed by atoms with Gasteiger partial charge in [-0.2, -0.15) is 4.91 Å². The molecule has 1 aromatic heterocycles. The first-order chi connectivity index (χ1) is 16.5. The standard InChI is InChI=1S/C25H25ClN6O2/c1-3-30-24(33)22-23(32-15-19(28-25(30)32)11-17-7-5-4-6-8-17)29-21(13-27-34)31(22)14-18-10-9-16(2)20(26)12-18/h4-10,12,19H,3,11,13-15H2,1-2H3. The Morgan fingerprint density at radius 3 is 2.65 bits per heavy atom. The normalized spacial score (nSPS) is 17.0. The molecule has 2 aliphatic rings. The van der Waals surface area contributed by atoms with Gasteiger partial charge in [-0.1, -0.05) is 59.2 Å². The van der Waals surface area contributed by atoms with Crippen molar-refractivity contribution in [2.75, 3.05) is 18.0 Å². The summed E-state index contributed by atoms with van der Waals surface area (Å²) in [5.74, 6) is 1.44. The minimum Gasteiger partial charge on any atom is -0.316 e. The van der Waals surface area contributed by atoms with Crippen LogP contribution in [-0.2, 0) is 19.5 Å². The third-order valence-electron chi connectivity index (χ3n) is 6.32. The number of rotatable bonds is 7. The van der Waals surface area contributed by atoms with E-state index in [1.54, 1.807) is 9.47 Å². The number of aryl methyl sites for hydroxylation is 1. The smallest absolute Gasteiger partial charge is 0.281 e. The van der Waals surface area contributed by atoms with Gasteiger partial charge in [0.15, 0.2) is 11.5 Å². The van der Waals surface area contributed by atoms with E-state index < -0.39 is 0 Å². The topological polar surface area (TPSA) is 83.2 Å². The summed E-state index contributed by atoms with van der Waals surface area (Å²) in [6.45, 7) is 5.21. The Morgan fingerprint density at radius 2 is 1.94 bits per heavy atom. The van der Waals surface area contributed by atoms with E-state index in [0.29, 0.717) is 48.0 Å². The average molecular weight is 477 g/mol. The van der Waals surface area contributed by atoms with Crippen LogP contribution in [0.5, 0.6) is 0 Å². The molecule has 9 heteroatoms. The highest BCUT2D eigenvalue weighted by molar-refractivity contribution is 6.31. The van der Waals surface area contributed by atoms with E-state index in [2.05, 4.69) is 17.3 Å². The molecule has 0 bridgehead atoms. The molecule has 5 rings (SSSR count). The highest BCUT2D eigenvalue weighted by Crippen LogP contribution is 2.34. The lowest BCUT2D eigenvalue weighted by Gasteiger charge is -2.33. The number of nitrogens with zero attached hydrogens (tertiary/aromatic N) is 6. The third-order valence-corrected chi connectivity index (χ3v) is 6.73. The van der Waals surface area contributed by atoms with Crippen molar-refractivity contribution in [1.29, 1.82) is 0 Å². The number of guanidine groups is 1. The maximum absolute atomic E-state index is 13.6. The van der Waals surface area contributed by atoms with Crippen molar-refractivity contribution in [1.82, 2.24) is 14.5 Å². The summed E-state index contributed by atoms with van der Waals surface area (Å²) < 4.78 is 1.80. The quantitative estimate of drug-likeness (QED) is 0.472. The van der Waals surface area contributed by atoms with Crippen molar-refractivity contribution in [3.05, 3.63) is 86.7 Å². The number of halogens is 1. The minimum absolute atomic E-state index is 0.00102. The fraction of sp³-hybridized carbons (Fsp3) is 0.320. The van der Waals surface area contributed by atoms with Gasteiger partial charge >= 0.3 is 0 Å². The Morgan fingerprint density at radius 1 is 1.15 bits per heavy atom. The second-order valence-electron chi connectivity index (χ2n) is 8.59. The SMILES string of the molecule is CCN1C(=O)c2c(nc(CN=O)n2Cc2ccc(C)c(Cl)c2)N2CC(Cc3ccccc3)N=C12. The zero-order chi connectivity index (χ0) is 23.8. The number of hydrogen-bond donors (Lipinski definition) is 0. The monoisotopic (exact) mass is 476 g/mol. The summed E-state index contributed by atoms with van der Waals surface area (Å²) in [4.78, 5) is 38.1. The highest BCUT2D eigenvalue weighted by Gasteiger charge is 2.43. The number of carbonyl (C=O) groups is 1. The van der Waals surface area contributed by atoms with E-state index >= 15 is 0 Å². The Kier molecular flexibility index (Phi) is 5.91. The Bertz CT molecular complexity index is 1290. The number of nitroso groups, excluding NO2 is 1. The fourth-order valence-electron chi connectivity index (χ4n) is 4.61. The first-order valence-electron chi connectivity index (χ1n) is 11.3. The van der Waals surface area contributed by atoms with Crippen LogP contribution in [0.25, 0.3) is 0 Å². The zero-order valence-corrected chi connectivity index (χ0v) is 19.9. The molecule has 0 aliphatic carbocycles. The van der Waals surface area contributed by atoms with Gasteiger partial charge in [-0.3, -0.25) is 14.6 Å². The van der Waals surface area contributed by atoms with Gasteiger partial charge in [-0.05, 0) is 43.0 Å². The Hall–Kier alpha value is -3.52. The van der Waals surface area contributed by atoms with E-state index in [0.717, 1.165) is 17.5 Å². The Labute approximate surface area is 202 Å². The van der Waals surface area contributed by atoms with E-state index in [1.807, 2.05) is 55.1 Å². The molecule has 1 atom stereocenters. The summed E-state index contributed by atoms with van der Waals surface area (Å²) in [5, 5.41) is 3.72. The lowest BCUT2D eigenvalue weighted by Crippen LogP contribution is -2.50. The molecule has 3 aromatic rings. The van der Waals surface area contributed by atoms with Crippen LogP contribution in [0.4, 0.5) is 5.82 Å². The molecule has 1 unspecified atom stereocenters. The van der Waals surface area contributed by atoms with Crippen LogP contribution >= 0.6 is 11.6 Å². The summed E-state index contributed by atoms with van der Waals surface area (Å²) in [6.07, 6.45) is 0.771. The Balaban J connectivity index is 1.54. The summed E-state index contributed by atoms with van der Waals surface area (Å²) in [5.41, 5.74) is 3.54. The molecular formula is C25H25ClN6O2. The first kappa shape index (κ1) is 22.3. The lowest BCUT2D eigenvalue weighted by atomic mass is 10.1. The molecule has 0 N–H and O–H groups in total. The molecule has 0 spiro atoms. The van der Waals surface area contributed by atoms with Crippen molar-refractivity contribution < 1.29 is 4.79 Å². The number of fused-ring (bicyclic) bond motifs is 3. The number of imidazole rings is 1. The van der Waals surface area contributed by atoms with Gasteiger partial charge in [-0.25, -0.2) is 9.98 Å². The molecule has 34 heavy (non-hydrogen) atoms. The van der Waals surface area contributed by atoms with Crippen LogP contribution < -0.4 is 4.90 Å². The molecule has 0 radical (unpaired) electrons. The highest BCUT2D eigenvalue weighted by atomic mass is 35.5. The van der Waals surface area contributed by atoms with Gasteiger partial charge in [0.1, 0.15) is 12.4 Å². The van der Waals surface area contributed by atoms with Gasteiger partial charge in [0, 0.05) is 18.1 Å². The van der Waals surface area contributed by atoms with Crippen molar-refractivity contribution in [2.45, 2.75) is 39.4 Å². The predicted molar refractivity (Wildman–Crippen MR) is 132 cm³/mol. The maximum Gasteiger partial charge on any atom is 0.281 e. The van der Waals surface area contributed by atoms with Crippen molar-refractivity contribution >= 4 is 29.3 Å². The number of anilines is 1. The summed E-state index contributed by atoms with van der Waals surface area (Å²) >= 11 is 6.34. The van der Waals surface area contributed by atoms with Gasteiger partial charge in [0.25, 0.3) is 5.91 Å². The predicted octanol–water partition coefficient (Wildman–Crippen LogP) is 4.42. The van der Waals surface area contributed by atoms with Crippen LogP contribution in [0.1, 0.15) is 39.9 Å². The largest absolute Gasteiger partial charge is 0.316 e. The number of carbonyl (C=O) groups excluding carboxylic acids is 1. The molecule has 2 aliphatic heterocycles. The number of aliphatic imine (C=N–C) groups is 1. The van der Waals surface area contributed by atoms with Crippen LogP contribution in [-0.4, -0.2) is 45.4 Å². The minimum atomic E-state index is -0.171. The van der Waals surface area contributed by atoms with Crippen molar-refractivity contribution in [3.8, 4) is 0 Å². The molecule has 3 heterocycles. The summed E-state index contributed by atoms with van der Waals surface area (Å²) in [6, 6.07) is 16.0. The van der Waals surface area contributed by atoms with Gasteiger partial charge in [0.05, 0.1) is 12.6 Å². The van der Waals surface area contributed by atoms with E-state index in [-0.39, 0.29) is 18.5 Å². The third kappa shape index (κ3) is 3.88. The number of hydrogen-bond acceptors (Lipinski definition) is 6. The number of aromatic nitrogens is 2. The summed E-state index contributed by atoms with van der Waals surface area (Å²) in [7, 11) is 0. The maximum atomic E-state index is 13.6. The molecule has 174 valence electrons. The van der Waals surface area contributed by atoms with Crippen molar-refractivity contribution in [2.24, 2.45) is 10.2 Å². The molecule has 2 aromatic carbocycles. The van der Waals surface area contributed by atoms with E-state index in [4.69, 9.17) is 21.6 Å². The molecule has 0 fully saturated rings. The number of amides is 1. The average Bonchev–Trinajstić information content (AvgIpc) is 3.39. The second kappa shape index (κ2) is 9.02. The van der Waals surface area contributed by atoms with Crippen LogP contribution in [0, 0.1) is 11.8 Å². The molecule has 0 saturated carbocycles. The first-order valence-corrected chi connectivity index (χ1v) is 11.7. The van der Waals surface area contributed by atoms with Crippen molar-refractivity contribution in [3.63, 3.8) is 0 Å². The molecule has 0 saturated heterocycles. The van der Waals surface area contributed by atoms with Crippen LogP contribution in [0.15, 0.2) is 58.7 Å². The zero-order valence-electron chi connectivity index (χ0n) is 19.1. The molecular weight excluding hydrogens is 452 g/mol. The fourth-order valence-corrected chi connectivity index (χ4v) is 4.82. The van der Waals surface area contributed by atoms with Gasteiger partial charge in [-0.15, -0.1) is 0 Å².